The molecule has 18 heavy (non-hydrogen) atoms. The van der Waals surface area contributed by atoms with Gasteiger partial charge in [0, 0.05) is 0 Å². The maximum absolute atomic E-state index is 11.7. The van der Waals surface area contributed by atoms with Gasteiger partial charge in [0.2, 0.25) is 0 Å². The van der Waals surface area contributed by atoms with E-state index in [2.05, 4.69) is 0 Å². The van der Waals surface area contributed by atoms with Gasteiger partial charge in [0.25, 0.3) is 0 Å². The van der Waals surface area contributed by atoms with Gasteiger partial charge in [-0.15, -0.1) is 0 Å². The molecule has 0 saturated heterocycles. The first-order valence-electron chi connectivity index (χ1n) is 6.27. The van der Waals surface area contributed by atoms with Crippen LogP contribution in [0.4, 0.5) is 0 Å². The van der Waals surface area contributed by atoms with Crippen molar-refractivity contribution in [3.05, 3.63) is 0 Å². The number of ether oxygens (including phenoxy) is 2. The topological polar surface area (TPSA) is 52.6 Å². The van der Waals surface area contributed by atoms with E-state index in [1.165, 1.54) is 0 Å². The number of rotatable bonds is 6. The van der Waals surface area contributed by atoms with Gasteiger partial charge in [-0.25, -0.2) is 0 Å². The Bertz CT molecular complexity index is 286. The lowest BCUT2D eigenvalue weighted by Gasteiger charge is -2.18. The van der Waals surface area contributed by atoms with E-state index in [0.717, 1.165) is 0 Å². The third-order valence-corrected chi connectivity index (χ3v) is 3.26. The third kappa shape index (κ3) is 12.0. The highest BCUT2D eigenvalue weighted by atomic mass is 31.1. The van der Waals surface area contributed by atoms with Crippen molar-refractivity contribution >= 4 is 13.8 Å². The fraction of sp³-hybridized carbons (Fsp3) is 0.923. The van der Waals surface area contributed by atoms with Crippen LogP contribution in [0.5, 0.6) is 0 Å². The molecule has 106 valence electrons. The zero-order valence-electron chi connectivity index (χ0n) is 12.4. The largest absolute Gasteiger partial charge is 0.460 e. The molecule has 1 unspecified atom stereocenters. The van der Waals surface area contributed by atoms with Gasteiger partial charge in [0.15, 0.2) is 12.3 Å². The van der Waals surface area contributed by atoms with Crippen molar-refractivity contribution in [2.75, 3.05) is 18.9 Å². The number of esters is 1. The fourth-order valence-corrected chi connectivity index (χ4v) is 2.12. The lowest BCUT2D eigenvalue weighted by molar-refractivity contribution is -0.154. The minimum absolute atomic E-state index is 0.207. The molecule has 0 aliphatic heterocycles. The van der Waals surface area contributed by atoms with Gasteiger partial charge >= 0.3 is 13.8 Å². The van der Waals surface area contributed by atoms with E-state index >= 15 is 0 Å². The summed E-state index contributed by atoms with van der Waals surface area (Å²) in [4.78, 5) is 11.4. The van der Waals surface area contributed by atoms with Crippen molar-refractivity contribution in [2.24, 2.45) is 0 Å². The standard InChI is InChI=1S/C13H26O4P/c1-12(2,3)16-8-10-18(15)9-7-11(14)17-13(4,5)6/h7-10H2,1-6H3/q+1. The van der Waals surface area contributed by atoms with E-state index in [-0.39, 0.29) is 18.0 Å². The highest BCUT2D eigenvalue weighted by Gasteiger charge is 2.22. The van der Waals surface area contributed by atoms with Gasteiger partial charge in [-0.1, -0.05) is 4.57 Å². The van der Waals surface area contributed by atoms with Gasteiger partial charge in [0.1, 0.15) is 5.60 Å². The molecule has 4 nitrogen and oxygen atoms in total. The summed E-state index contributed by atoms with van der Waals surface area (Å²) in [6.07, 6.45) is 1.08. The highest BCUT2D eigenvalue weighted by Crippen LogP contribution is 2.22. The molecule has 0 radical (unpaired) electrons. The molecule has 0 bridgehead atoms. The van der Waals surface area contributed by atoms with Gasteiger partial charge < -0.3 is 9.47 Å². The Hall–Kier alpha value is -0.470. The van der Waals surface area contributed by atoms with Crippen LogP contribution in [-0.4, -0.2) is 36.1 Å². The molecule has 5 heteroatoms. The lowest BCUT2D eigenvalue weighted by Crippen LogP contribution is -2.24. The maximum Gasteiger partial charge on any atom is 0.341 e. The molecule has 0 aliphatic carbocycles. The fourth-order valence-electron chi connectivity index (χ4n) is 1.17. The van der Waals surface area contributed by atoms with E-state index in [1.54, 1.807) is 0 Å². The zero-order valence-corrected chi connectivity index (χ0v) is 13.3. The van der Waals surface area contributed by atoms with Crippen LogP contribution in [0.3, 0.4) is 0 Å². The predicted octanol–water partition coefficient (Wildman–Crippen LogP) is 3.36. The monoisotopic (exact) mass is 277 g/mol. The molecule has 0 aromatic carbocycles. The quantitative estimate of drug-likeness (QED) is 0.552. The summed E-state index contributed by atoms with van der Waals surface area (Å²) < 4.78 is 22.3. The molecule has 0 aromatic rings. The van der Waals surface area contributed by atoms with Crippen molar-refractivity contribution in [3.8, 4) is 0 Å². The summed E-state index contributed by atoms with van der Waals surface area (Å²) in [6.45, 7) is 11.8. The average Bonchev–Trinajstić information content (AvgIpc) is 2.09. The molecule has 0 fully saturated rings. The number of hydrogen-bond acceptors (Lipinski definition) is 4. The minimum atomic E-state index is -1.38. The molecule has 0 N–H and O–H groups in total. The third-order valence-electron chi connectivity index (χ3n) is 1.86. The average molecular weight is 277 g/mol. The molecular formula is C13H26O4P+. The van der Waals surface area contributed by atoms with Gasteiger partial charge in [-0.05, 0) is 41.5 Å². The molecule has 0 saturated carbocycles. The van der Waals surface area contributed by atoms with Crippen LogP contribution in [0.25, 0.3) is 0 Å². The number of carbonyl (C=O) groups is 1. The SMILES string of the molecule is CC(C)(C)OCC[P+](=O)CCC(=O)OC(C)(C)C. The van der Waals surface area contributed by atoms with Crippen molar-refractivity contribution in [1.29, 1.82) is 0 Å². The Morgan fingerprint density at radius 3 is 2.00 bits per heavy atom. The molecule has 0 spiro atoms. The second-order valence-corrected chi connectivity index (χ2v) is 8.08. The summed E-state index contributed by atoms with van der Waals surface area (Å²) in [5.41, 5.74) is -0.681. The van der Waals surface area contributed by atoms with Crippen LogP contribution in [0, 0.1) is 0 Å². The Labute approximate surface area is 111 Å². The van der Waals surface area contributed by atoms with E-state index in [1.807, 2.05) is 41.5 Å². The predicted molar refractivity (Wildman–Crippen MR) is 73.5 cm³/mol. The van der Waals surface area contributed by atoms with E-state index in [4.69, 9.17) is 9.47 Å². The van der Waals surface area contributed by atoms with Gasteiger partial charge in [0.05, 0.1) is 18.6 Å². The summed E-state index contributed by atoms with van der Waals surface area (Å²) in [7, 11) is -1.38. The molecule has 1 atom stereocenters. The molecule has 0 rings (SSSR count). The van der Waals surface area contributed by atoms with Crippen LogP contribution in [0.2, 0.25) is 0 Å². The summed E-state index contributed by atoms with van der Waals surface area (Å²) in [6, 6.07) is 0. The highest BCUT2D eigenvalue weighted by molar-refractivity contribution is 7.44. The normalized spacial score (nSPS) is 13.3. The second kappa shape index (κ2) is 7.20. The zero-order chi connectivity index (χ0) is 14.4. The minimum Gasteiger partial charge on any atom is -0.460 e. The summed E-state index contributed by atoms with van der Waals surface area (Å²) >= 11 is 0. The Balaban J connectivity index is 3.75. The summed E-state index contributed by atoms with van der Waals surface area (Å²) in [5, 5.41) is 0. The smallest absolute Gasteiger partial charge is 0.341 e. The van der Waals surface area contributed by atoms with Crippen molar-refractivity contribution in [3.63, 3.8) is 0 Å². The lowest BCUT2D eigenvalue weighted by atomic mass is 10.2. The van der Waals surface area contributed by atoms with Crippen molar-refractivity contribution in [2.45, 2.75) is 59.2 Å². The molecule has 0 aliphatic rings. The Morgan fingerprint density at radius 2 is 1.56 bits per heavy atom. The van der Waals surface area contributed by atoms with E-state index < -0.39 is 13.4 Å². The summed E-state index contributed by atoms with van der Waals surface area (Å²) in [5.74, 6) is -0.289. The maximum atomic E-state index is 11.7. The molecular weight excluding hydrogens is 251 g/mol. The van der Waals surface area contributed by atoms with Crippen LogP contribution < -0.4 is 0 Å². The van der Waals surface area contributed by atoms with E-state index in [9.17, 15) is 9.36 Å². The van der Waals surface area contributed by atoms with Crippen LogP contribution in [0.15, 0.2) is 0 Å². The van der Waals surface area contributed by atoms with Crippen LogP contribution in [-0.2, 0) is 18.8 Å². The van der Waals surface area contributed by atoms with Gasteiger partial charge in [-0.3, -0.25) is 4.79 Å². The second-order valence-electron chi connectivity index (χ2n) is 6.23. The Morgan fingerprint density at radius 1 is 1.00 bits per heavy atom. The van der Waals surface area contributed by atoms with Crippen LogP contribution >= 0.6 is 7.80 Å². The number of carbonyl (C=O) groups excluding carboxylic acids is 1. The van der Waals surface area contributed by atoms with Crippen molar-refractivity contribution in [1.82, 2.24) is 0 Å². The molecule has 0 heterocycles. The Kier molecular flexibility index (Phi) is 7.01. The van der Waals surface area contributed by atoms with Crippen molar-refractivity contribution < 1.29 is 18.8 Å². The molecule has 0 amide bonds. The first kappa shape index (κ1) is 17.5. The number of hydrogen-bond donors (Lipinski definition) is 0. The van der Waals surface area contributed by atoms with Gasteiger partial charge in [-0.2, -0.15) is 0 Å². The first-order chi connectivity index (χ1) is 7.99. The van der Waals surface area contributed by atoms with E-state index in [0.29, 0.717) is 18.9 Å². The first-order valence-corrected chi connectivity index (χ1v) is 7.90. The van der Waals surface area contributed by atoms with Crippen LogP contribution in [0.1, 0.15) is 48.0 Å². The molecule has 0 aromatic heterocycles.